The van der Waals surface area contributed by atoms with Gasteiger partial charge in [-0.15, -0.1) is 0 Å². The van der Waals surface area contributed by atoms with Gasteiger partial charge in [0.15, 0.2) is 24.8 Å². The van der Waals surface area contributed by atoms with E-state index in [0.717, 1.165) is 0 Å². The molecule has 0 aliphatic rings. The highest BCUT2D eigenvalue weighted by Gasteiger charge is 2.12. The molecule has 2 aromatic rings. The van der Waals surface area contributed by atoms with Gasteiger partial charge in [-0.2, -0.15) is 9.13 Å². The van der Waals surface area contributed by atoms with Crippen LogP contribution in [0.15, 0.2) is 49.1 Å². The Morgan fingerprint density at radius 2 is 0.964 bits per heavy atom. The normalized spacial score (nSPS) is 9.93. The van der Waals surface area contributed by atoms with Crippen LogP contribution in [0.4, 0.5) is 0 Å². The standard InChI is InChI=1S/C18H20N6O4/c1-13(25)19-21-17(27)15-3-7-23(8-4-15)11-12-24-9-5-16(6-10-24)18(28)22-20-14(2)26/h3-10,27-28H,11-12H2,1-2H3/p+2. The summed E-state index contributed by atoms with van der Waals surface area (Å²) in [7, 11) is 0. The Labute approximate surface area is 161 Å². The molecule has 4 amide bonds. The maximum atomic E-state index is 11.8. The molecule has 0 unspecified atom stereocenters. The number of nitrogens with one attached hydrogen (secondary N) is 4. The number of carbonyl (C=O) groups excluding carboxylic acids is 4. The van der Waals surface area contributed by atoms with E-state index < -0.39 is 11.8 Å². The van der Waals surface area contributed by atoms with Crippen molar-refractivity contribution in [2.45, 2.75) is 26.9 Å². The maximum Gasteiger partial charge on any atom is 0.270 e. The fourth-order valence-electron chi connectivity index (χ4n) is 2.18. The molecule has 0 atom stereocenters. The van der Waals surface area contributed by atoms with Gasteiger partial charge in [0.05, 0.1) is 11.1 Å². The van der Waals surface area contributed by atoms with Crippen molar-refractivity contribution >= 4 is 23.6 Å². The third-order valence-corrected chi connectivity index (χ3v) is 3.63. The maximum absolute atomic E-state index is 11.8. The second-order valence-electron chi connectivity index (χ2n) is 5.92. The number of hydrazine groups is 2. The molecule has 2 heterocycles. The molecular weight excluding hydrogens is 364 g/mol. The summed E-state index contributed by atoms with van der Waals surface area (Å²) in [5, 5.41) is 0. The van der Waals surface area contributed by atoms with Crippen LogP contribution in [-0.2, 0) is 22.7 Å². The third-order valence-electron chi connectivity index (χ3n) is 3.63. The molecule has 146 valence electrons. The monoisotopic (exact) mass is 386 g/mol. The van der Waals surface area contributed by atoms with E-state index in [1.54, 1.807) is 49.1 Å². The number of aromatic nitrogens is 2. The topological polar surface area (TPSA) is 124 Å². The zero-order valence-electron chi connectivity index (χ0n) is 15.6. The number of carbonyl (C=O) groups is 4. The van der Waals surface area contributed by atoms with Gasteiger partial charge >= 0.3 is 0 Å². The number of amides is 4. The lowest BCUT2D eigenvalue weighted by molar-refractivity contribution is -0.778. The Morgan fingerprint density at radius 1 is 0.643 bits per heavy atom. The van der Waals surface area contributed by atoms with Crippen LogP contribution in [0.2, 0.25) is 0 Å². The summed E-state index contributed by atoms with van der Waals surface area (Å²) in [5.74, 6) is -1.50. The highest BCUT2D eigenvalue weighted by molar-refractivity contribution is 5.95. The van der Waals surface area contributed by atoms with Crippen molar-refractivity contribution < 1.29 is 28.3 Å². The smallest absolute Gasteiger partial charge is 0.270 e. The molecule has 10 nitrogen and oxygen atoms in total. The molecule has 0 aliphatic carbocycles. The van der Waals surface area contributed by atoms with Crippen LogP contribution in [0.25, 0.3) is 0 Å². The van der Waals surface area contributed by atoms with Gasteiger partial charge in [0, 0.05) is 38.1 Å². The molecule has 10 heteroatoms. The molecule has 2 aromatic heterocycles. The highest BCUT2D eigenvalue weighted by atomic mass is 16.2. The van der Waals surface area contributed by atoms with Crippen LogP contribution in [0.5, 0.6) is 0 Å². The number of nitrogens with zero attached hydrogens (tertiary/aromatic N) is 2. The van der Waals surface area contributed by atoms with E-state index in [4.69, 9.17) is 0 Å². The van der Waals surface area contributed by atoms with E-state index >= 15 is 0 Å². The molecule has 2 rings (SSSR count). The van der Waals surface area contributed by atoms with Gasteiger partial charge in [-0.1, -0.05) is 0 Å². The minimum Gasteiger partial charge on any atom is -0.274 e. The van der Waals surface area contributed by atoms with E-state index in [-0.39, 0.29) is 11.8 Å². The molecule has 0 aliphatic heterocycles. The number of hydrogen-bond donors (Lipinski definition) is 4. The lowest BCUT2D eigenvalue weighted by Crippen LogP contribution is -2.45. The fraction of sp³-hybridized carbons (Fsp3) is 0.222. The molecule has 0 fully saturated rings. The van der Waals surface area contributed by atoms with Gasteiger partial charge in [-0.05, 0) is 0 Å². The Bertz CT molecular complexity index is 791. The molecule has 0 bridgehead atoms. The second kappa shape index (κ2) is 9.76. The summed E-state index contributed by atoms with van der Waals surface area (Å²) in [6.45, 7) is 3.91. The second-order valence-corrected chi connectivity index (χ2v) is 5.92. The average Bonchev–Trinajstić information content (AvgIpc) is 2.69. The van der Waals surface area contributed by atoms with Crippen molar-refractivity contribution in [3.8, 4) is 0 Å². The van der Waals surface area contributed by atoms with Crippen molar-refractivity contribution in [1.82, 2.24) is 21.7 Å². The quantitative estimate of drug-likeness (QED) is 0.370. The molecule has 0 saturated carbocycles. The van der Waals surface area contributed by atoms with E-state index in [9.17, 15) is 19.2 Å². The summed E-state index contributed by atoms with van der Waals surface area (Å²) >= 11 is 0. The van der Waals surface area contributed by atoms with Crippen LogP contribution in [0.1, 0.15) is 34.6 Å². The van der Waals surface area contributed by atoms with E-state index in [1.807, 2.05) is 9.13 Å². The summed E-state index contributed by atoms with van der Waals surface area (Å²) in [6.07, 6.45) is 7.05. The molecule has 0 aromatic carbocycles. The summed E-state index contributed by atoms with van der Waals surface area (Å²) in [4.78, 5) is 45.2. The average molecular weight is 386 g/mol. The van der Waals surface area contributed by atoms with Gasteiger partial charge in [-0.25, -0.2) is 0 Å². The number of aryl methyl sites for hydroxylation is 2. The Morgan fingerprint density at radius 3 is 1.25 bits per heavy atom. The van der Waals surface area contributed by atoms with Crippen LogP contribution in [0.3, 0.4) is 0 Å². The van der Waals surface area contributed by atoms with Crippen molar-refractivity contribution in [1.29, 1.82) is 0 Å². The van der Waals surface area contributed by atoms with Crippen LogP contribution >= 0.6 is 0 Å². The molecule has 28 heavy (non-hydrogen) atoms. The summed E-state index contributed by atoms with van der Waals surface area (Å²) in [5.41, 5.74) is 9.91. The predicted molar refractivity (Wildman–Crippen MR) is 95.8 cm³/mol. The number of rotatable bonds is 5. The molecule has 4 N–H and O–H groups in total. The van der Waals surface area contributed by atoms with Crippen molar-refractivity contribution in [3.63, 3.8) is 0 Å². The molecule has 0 spiro atoms. The van der Waals surface area contributed by atoms with Gasteiger partial charge in [-0.3, -0.25) is 40.9 Å². The summed E-state index contributed by atoms with van der Waals surface area (Å²) in [6, 6.07) is 6.60. The lowest BCUT2D eigenvalue weighted by atomic mass is 10.2. The lowest BCUT2D eigenvalue weighted by Gasteiger charge is -2.04. The van der Waals surface area contributed by atoms with Crippen molar-refractivity contribution in [2.75, 3.05) is 0 Å². The van der Waals surface area contributed by atoms with E-state index in [2.05, 4.69) is 21.7 Å². The Kier molecular flexibility index (Phi) is 7.14. The Hall–Kier alpha value is -3.82. The van der Waals surface area contributed by atoms with Crippen molar-refractivity contribution in [2.24, 2.45) is 0 Å². The fourth-order valence-corrected chi connectivity index (χ4v) is 2.18. The summed E-state index contributed by atoms with van der Waals surface area (Å²) < 4.78 is 3.80. The van der Waals surface area contributed by atoms with Gasteiger partial charge < -0.3 is 0 Å². The predicted octanol–water partition coefficient (Wildman–Crippen LogP) is -1.48. The van der Waals surface area contributed by atoms with Crippen LogP contribution in [0, 0.1) is 0 Å². The first-order valence-corrected chi connectivity index (χ1v) is 8.47. The minimum absolute atomic E-state index is 0.352. The largest absolute Gasteiger partial charge is 0.274 e. The number of hydrogen-bond acceptors (Lipinski definition) is 4. The number of pyridine rings is 2. The zero-order chi connectivity index (χ0) is 20.5. The SMILES string of the molecule is CC(=O)NNC(=O)c1cc[n+](CC[n+]2ccc(C(=O)NNC(C)=O)cc2)cc1. The molecular formula is C18H22N6O4+2. The van der Waals surface area contributed by atoms with Crippen LogP contribution in [-0.4, -0.2) is 23.6 Å². The highest BCUT2D eigenvalue weighted by Crippen LogP contribution is 1.95. The molecule has 0 saturated heterocycles. The van der Waals surface area contributed by atoms with Crippen LogP contribution < -0.4 is 30.8 Å². The first kappa shape index (κ1) is 20.5. The van der Waals surface area contributed by atoms with E-state index in [1.165, 1.54) is 13.8 Å². The van der Waals surface area contributed by atoms with Gasteiger partial charge in [0.2, 0.25) is 24.9 Å². The Balaban J connectivity index is 1.86. The third kappa shape index (κ3) is 6.48. The zero-order valence-corrected chi connectivity index (χ0v) is 15.6. The van der Waals surface area contributed by atoms with E-state index in [0.29, 0.717) is 24.2 Å². The first-order chi connectivity index (χ1) is 13.3. The minimum atomic E-state index is -0.398. The first-order valence-electron chi connectivity index (χ1n) is 8.47. The van der Waals surface area contributed by atoms with Gasteiger partial charge in [0.25, 0.3) is 11.8 Å². The molecule has 0 radical (unpaired) electrons. The van der Waals surface area contributed by atoms with Gasteiger partial charge in [0.1, 0.15) is 0 Å². The van der Waals surface area contributed by atoms with Crippen molar-refractivity contribution in [3.05, 3.63) is 60.2 Å².